The number of para-hydroxylation sites is 2. The van der Waals surface area contributed by atoms with E-state index in [0.717, 1.165) is 12.8 Å². The summed E-state index contributed by atoms with van der Waals surface area (Å²) in [7, 11) is 0. The molecule has 2 aliphatic rings. The summed E-state index contributed by atoms with van der Waals surface area (Å²) >= 11 is 0. The number of hydrogen-bond acceptors (Lipinski definition) is 4. The Morgan fingerprint density at radius 2 is 1.93 bits per heavy atom. The normalized spacial score (nSPS) is 20.7. The van der Waals surface area contributed by atoms with Crippen LogP contribution in [0.1, 0.15) is 30.1 Å². The summed E-state index contributed by atoms with van der Waals surface area (Å²) in [6.45, 7) is 2.62. The van der Waals surface area contributed by atoms with Crippen molar-refractivity contribution in [2.24, 2.45) is 5.92 Å². The summed E-state index contributed by atoms with van der Waals surface area (Å²) in [6, 6.07) is 13.9. The smallest absolute Gasteiger partial charge is 0.258 e. The van der Waals surface area contributed by atoms with E-state index in [-0.39, 0.29) is 30.2 Å². The minimum absolute atomic E-state index is 0.0360. The first kappa shape index (κ1) is 19.1. The molecule has 2 aromatic rings. The third-order valence-electron chi connectivity index (χ3n) is 5.41. The summed E-state index contributed by atoms with van der Waals surface area (Å²) in [5.74, 6) is -0.422. The highest BCUT2D eigenvalue weighted by atomic mass is 16.5. The van der Waals surface area contributed by atoms with Gasteiger partial charge in [-0.05, 0) is 48.7 Å². The molecule has 2 heterocycles. The molecule has 0 unspecified atom stereocenters. The van der Waals surface area contributed by atoms with E-state index >= 15 is 0 Å². The molecule has 0 spiro atoms. The zero-order valence-corrected chi connectivity index (χ0v) is 16.2. The van der Waals surface area contributed by atoms with E-state index in [1.54, 1.807) is 36.4 Å². The maximum absolute atomic E-state index is 13.0. The molecule has 2 N–H and O–H groups in total. The zero-order valence-electron chi connectivity index (χ0n) is 16.2. The number of fused-ring (bicyclic) bond motifs is 1. The Morgan fingerprint density at radius 1 is 1.17 bits per heavy atom. The second kappa shape index (κ2) is 8.05. The molecular formula is C22H23N3O4. The summed E-state index contributed by atoms with van der Waals surface area (Å²) in [5.41, 5.74) is 2.33. The van der Waals surface area contributed by atoms with Gasteiger partial charge in [-0.1, -0.05) is 25.5 Å². The molecule has 4 rings (SSSR count). The van der Waals surface area contributed by atoms with Gasteiger partial charge >= 0.3 is 0 Å². The molecular weight excluding hydrogens is 370 g/mol. The van der Waals surface area contributed by atoms with Crippen LogP contribution in [-0.4, -0.2) is 37.0 Å². The molecule has 7 nitrogen and oxygen atoms in total. The van der Waals surface area contributed by atoms with Crippen LogP contribution in [0.5, 0.6) is 0 Å². The van der Waals surface area contributed by atoms with Crippen LogP contribution in [0.15, 0.2) is 48.5 Å². The van der Waals surface area contributed by atoms with Crippen molar-refractivity contribution < 1.29 is 19.1 Å². The van der Waals surface area contributed by atoms with Crippen LogP contribution in [0.4, 0.5) is 17.1 Å². The van der Waals surface area contributed by atoms with Gasteiger partial charge < -0.3 is 15.4 Å². The third-order valence-corrected chi connectivity index (χ3v) is 5.41. The van der Waals surface area contributed by atoms with Gasteiger partial charge in [0.15, 0.2) is 0 Å². The van der Waals surface area contributed by atoms with Gasteiger partial charge in [-0.15, -0.1) is 0 Å². The first-order valence-corrected chi connectivity index (χ1v) is 9.80. The number of benzene rings is 2. The largest absolute Gasteiger partial charge is 0.368 e. The second-order valence-electron chi connectivity index (χ2n) is 7.27. The predicted octanol–water partition coefficient (Wildman–Crippen LogP) is 3.04. The number of ether oxygens (including phenoxy) is 1. The molecule has 2 aromatic carbocycles. The van der Waals surface area contributed by atoms with E-state index in [9.17, 15) is 14.4 Å². The molecule has 29 heavy (non-hydrogen) atoms. The van der Waals surface area contributed by atoms with Crippen LogP contribution < -0.4 is 15.5 Å². The number of nitrogens with zero attached hydrogens (tertiary/aromatic N) is 1. The van der Waals surface area contributed by atoms with Crippen LogP contribution in [0.3, 0.4) is 0 Å². The number of carbonyl (C=O) groups excluding carboxylic acids is 3. The predicted molar refractivity (Wildman–Crippen MR) is 110 cm³/mol. The van der Waals surface area contributed by atoms with Gasteiger partial charge in [-0.2, -0.15) is 0 Å². The van der Waals surface area contributed by atoms with Gasteiger partial charge in [-0.25, -0.2) is 0 Å². The van der Waals surface area contributed by atoms with E-state index in [2.05, 4.69) is 17.6 Å². The van der Waals surface area contributed by atoms with Crippen molar-refractivity contribution in [1.29, 1.82) is 0 Å². The van der Waals surface area contributed by atoms with Crippen molar-refractivity contribution in [2.75, 3.05) is 28.7 Å². The van der Waals surface area contributed by atoms with Crippen molar-refractivity contribution in [2.45, 2.75) is 25.9 Å². The van der Waals surface area contributed by atoms with Gasteiger partial charge in [0.05, 0.1) is 11.4 Å². The Balaban J connectivity index is 1.47. The van der Waals surface area contributed by atoms with Gasteiger partial charge in [-0.3, -0.25) is 19.3 Å². The summed E-state index contributed by atoms with van der Waals surface area (Å²) in [5, 5.41) is 5.63. The lowest BCUT2D eigenvalue weighted by Gasteiger charge is -2.29. The SMILES string of the molecule is CC[C@@H]1CCO[C@@H]1C(=O)Nc1ccc(C(=O)N2CC(=O)Nc3ccccc32)cc1. The van der Waals surface area contributed by atoms with Crippen molar-refractivity contribution in [3.8, 4) is 0 Å². The van der Waals surface area contributed by atoms with Crippen molar-refractivity contribution >= 4 is 34.8 Å². The fraction of sp³-hybridized carbons (Fsp3) is 0.318. The van der Waals surface area contributed by atoms with Crippen LogP contribution in [0.25, 0.3) is 0 Å². The van der Waals surface area contributed by atoms with Gasteiger partial charge in [0.25, 0.3) is 11.8 Å². The fourth-order valence-corrected chi connectivity index (χ4v) is 3.82. The van der Waals surface area contributed by atoms with Gasteiger partial charge in [0.2, 0.25) is 5.91 Å². The number of anilines is 3. The molecule has 2 atom stereocenters. The average Bonchev–Trinajstić information content (AvgIpc) is 3.22. The van der Waals surface area contributed by atoms with E-state index in [4.69, 9.17) is 4.74 Å². The first-order valence-electron chi connectivity index (χ1n) is 9.80. The fourth-order valence-electron chi connectivity index (χ4n) is 3.82. The van der Waals surface area contributed by atoms with Crippen LogP contribution >= 0.6 is 0 Å². The first-order chi connectivity index (χ1) is 14.1. The molecule has 0 radical (unpaired) electrons. The third kappa shape index (κ3) is 3.86. The number of rotatable bonds is 4. The molecule has 150 valence electrons. The lowest BCUT2D eigenvalue weighted by atomic mass is 9.98. The Bertz CT molecular complexity index is 941. The van der Waals surface area contributed by atoms with E-state index in [1.807, 2.05) is 12.1 Å². The van der Waals surface area contributed by atoms with Crippen molar-refractivity contribution in [3.63, 3.8) is 0 Å². The Morgan fingerprint density at radius 3 is 2.69 bits per heavy atom. The maximum Gasteiger partial charge on any atom is 0.258 e. The number of hydrogen-bond donors (Lipinski definition) is 2. The molecule has 1 saturated heterocycles. The topological polar surface area (TPSA) is 87.7 Å². The highest BCUT2D eigenvalue weighted by Gasteiger charge is 2.33. The van der Waals surface area contributed by atoms with Crippen molar-refractivity contribution in [3.05, 3.63) is 54.1 Å². The minimum atomic E-state index is -0.426. The summed E-state index contributed by atoms with van der Waals surface area (Å²) < 4.78 is 5.56. The standard InChI is InChI=1S/C22H23N3O4/c1-2-14-11-12-29-20(14)21(27)23-16-9-7-15(8-10-16)22(28)25-13-19(26)24-17-5-3-4-6-18(17)25/h3-10,14,20H,2,11-13H2,1H3,(H,23,27)(H,24,26)/t14-,20+/m1/s1. The summed E-state index contributed by atoms with van der Waals surface area (Å²) in [6.07, 6.45) is 1.37. The lowest BCUT2D eigenvalue weighted by Crippen LogP contribution is -2.42. The van der Waals surface area contributed by atoms with E-state index < -0.39 is 6.10 Å². The Labute approximate surface area is 169 Å². The highest BCUT2D eigenvalue weighted by molar-refractivity contribution is 6.15. The molecule has 0 aliphatic carbocycles. The second-order valence-corrected chi connectivity index (χ2v) is 7.27. The minimum Gasteiger partial charge on any atom is -0.368 e. The van der Waals surface area contributed by atoms with Crippen molar-refractivity contribution in [1.82, 2.24) is 0 Å². The van der Waals surface area contributed by atoms with Gasteiger partial charge in [0, 0.05) is 17.9 Å². The average molecular weight is 393 g/mol. The molecule has 0 bridgehead atoms. The Kier molecular flexibility index (Phi) is 5.31. The quantitative estimate of drug-likeness (QED) is 0.836. The molecule has 0 saturated carbocycles. The van der Waals surface area contributed by atoms with E-state index in [0.29, 0.717) is 29.2 Å². The lowest BCUT2D eigenvalue weighted by molar-refractivity contribution is -0.126. The van der Waals surface area contributed by atoms with Crippen LogP contribution in [0, 0.1) is 5.92 Å². The molecule has 2 aliphatic heterocycles. The molecule has 3 amide bonds. The molecule has 0 aromatic heterocycles. The monoisotopic (exact) mass is 393 g/mol. The number of carbonyl (C=O) groups is 3. The highest BCUT2D eigenvalue weighted by Crippen LogP contribution is 2.30. The van der Waals surface area contributed by atoms with Gasteiger partial charge in [0.1, 0.15) is 12.6 Å². The van der Waals surface area contributed by atoms with Crippen LogP contribution in [-0.2, 0) is 14.3 Å². The zero-order chi connectivity index (χ0) is 20.4. The number of nitrogens with one attached hydrogen (secondary N) is 2. The Hall–Kier alpha value is -3.19. The summed E-state index contributed by atoms with van der Waals surface area (Å²) in [4.78, 5) is 38.9. The molecule has 7 heteroatoms. The van der Waals surface area contributed by atoms with Crippen LogP contribution in [0.2, 0.25) is 0 Å². The molecule has 1 fully saturated rings. The number of amides is 3. The van der Waals surface area contributed by atoms with E-state index in [1.165, 1.54) is 4.90 Å². The maximum atomic E-state index is 13.0.